The molecule has 2 aromatic rings. The van der Waals surface area contributed by atoms with Gasteiger partial charge >= 0.3 is 0 Å². The highest BCUT2D eigenvalue weighted by atomic mass is 79.9. The molecule has 0 saturated carbocycles. The molecule has 2 rings (SSSR count). The zero-order valence-corrected chi connectivity index (χ0v) is 11.3. The van der Waals surface area contributed by atoms with Gasteiger partial charge in [0.2, 0.25) is 0 Å². The van der Waals surface area contributed by atoms with E-state index in [1.54, 1.807) is 6.07 Å². The van der Waals surface area contributed by atoms with E-state index in [0.717, 1.165) is 15.6 Å². The largest absolute Gasteiger partial charge is 0.398 e. The summed E-state index contributed by atoms with van der Waals surface area (Å²) in [4.78, 5) is 0. The normalized spacial score (nSPS) is 10.4. The van der Waals surface area contributed by atoms with Crippen LogP contribution in [-0.4, -0.2) is 0 Å². The van der Waals surface area contributed by atoms with Crippen LogP contribution in [-0.2, 0) is 0 Å². The van der Waals surface area contributed by atoms with E-state index in [1.807, 2.05) is 30.3 Å². The monoisotopic (exact) mass is 315 g/mol. The van der Waals surface area contributed by atoms with Crippen molar-refractivity contribution in [3.63, 3.8) is 0 Å². The van der Waals surface area contributed by atoms with Crippen LogP contribution in [0.2, 0.25) is 10.0 Å². The third kappa shape index (κ3) is 2.05. The molecule has 0 aliphatic rings. The smallest absolute Gasteiger partial charge is 0.0714 e. The molecular weight excluding hydrogens is 309 g/mol. The molecule has 0 radical (unpaired) electrons. The fraction of sp³-hybridized carbons (Fsp3) is 0. The molecule has 0 aliphatic carbocycles. The molecule has 0 unspecified atom stereocenters. The molecule has 0 aliphatic heterocycles. The number of hydrogen-bond donors (Lipinski definition) is 1. The van der Waals surface area contributed by atoms with E-state index in [2.05, 4.69) is 15.9 Å². The second kappa shape index (κ2) is 4.66. The SMILES string of the molecule is Nc1cccc(-c2cccc(Br)c2Cl)c1Cl. The first-order valence-corrected chi connectivity index (χ1v) is 6.14. The Morgan fingerprint density at radius 1 is 0.875 bits per heavy atom. The molecular formula is C12H8BrCl2N. The topological polar surface area (TPSA) is 26.0 Å². The summed E-state index contributed by atoms with van der Waals surface area (Å²) in [5, 5.41) is 1.16. The maximum Gasteiger partial charge on any atom is 0.0714 e. The molecule has 0 aromatic heterocycles. The number of rotatable bonds is 1. The molecule has 16 heavy (non-hydrogen) atoms. The summed E-state index contributed by atoms with van der Waals surface area (Å²) in [6.45, 7) is 0. The van der Waals surface area contributed by atoms with Gasteiger partial charge < -0.3 is 5.73 Å². The molecule has 0 fully saturated rings. The standard InChI is InChI=1S/C12H8BrCl2N/c13-9-5-1-3-7(11(9)14)8-4-2-6-10(16)12(8)15/h1-6H,16H2. The van der Waals surface area contributed by atoms with Gasteiger partial charge in [-0.1, -0.05) is 47.5 Å². The van der Waals surface area contributed by atoms with Crippen molar-refractivity contribution in [3.8, 4) is 11.1 Å². The van der Waals surface area contributed by atoms with E-state index in [-0.39, 0.29) is 0 Å². The Hall–Kier alpha value is -0.700. The molecule has 2 aromatic carbocycles. The molecule has 0 amide bonds. The predicted octanol–water partition coefficient (Wildman–Crippen LogP) is 5.01. The first kappa shape index (κ1) is 11.8. The van der Waals surface area contributed by atoms with Gasteiger partial charge in [0.15, 0.2) is 0 Å². The highest BCUT2D eigenvalue weighted by Crippen LogP contribution is 2.38. The Morgan fingerprint density at radius 3 is 2.12 bits per heavy atom. The van der Waals surface area contributed by atoms with Gasteiger partial charge in [-0.05, 0) is 28.1 Å². The predicted molar refractivity (Wildman–Crippen MR) is 74.0 cm³/mol. The number of benzene rings is 2. The molecule has 0 atom stereocenters. The number of anilines is 1. The number of halogens is 3. The van der Waals surface area contributed by atoms with Gasteiger partial charge in [-0.2, -0.15) is 0 Å². The Bertz CT molecular complexity index is 491. The Morgan fingerprint density at radius 2 is 1.44 bits per heavy atom. The van der Waals surface area contributed by atoms with Crippen LogP contribution in [0.3, 0.4) is 0 Å². The summed E-state index contributed by atoms with van der Waals surface area (Å²) in [6.07, 6.45) is 0. The van der Waals surface area contributed by atoms with Crippen LogP contribution in [0.5, 0.6) is 0 Å². The fourth-order valence-corrected chi connectivity index (χ4v) is 2.29. The van der Waals surface area contributed by atoms with E-state index in [9.17, 15) is 0 Å². The average Bonchev–Trinajstić information content (AvgIpc) is 2.27. The second-order valence-electron chi connectivity index (χ2n) is 3.31. The number of hydrogen-bond acceptors (Lipinski definition) is 1. The number of nitrogen functional groups attached to an aromatic ring is 1. The lowest BCUT2D eigenvalue weighted by Crippen LogP contribution is -1.89. The van der Waals surface area contributed by atoms with Gasteiger partial charge in [-0.25, -0.2) is 0 Å². The van der Waals surface area contributed by atoms with Crippen molar-refractivity contribution in [2.45, 2.75) is 0 Å². The minimum absolute atomic E-state index is 0.530. The fourth-order valence-electron chi connectivity index (χ4n) is 1.47. The quantitative estimate of drug-likeness (QED) is 0.736. The maximum absolute atomic E-state index is 6.21. The third-order valence-corrected chi connectivity index (χ3v) is 3.99. The van der Waals surface area contributed by atoms with Gasteiger partial charge in [0.05, 0.1) is 15.7 Å². The molecule has 1 nitrogen and oxygen atoms in total. The average molecular weight is 317 g/mol. The lowest BCUT2D eigenvalue weighted by Gasteiger charge is -2.09. The van der Waals surface area contributed by atoms with Crippen LogP contribution >= 0.6 is 39.1 Å². The molecule has 2 N–H and O–H groups in total. The zero-order chi connectivity index (χ0) is 11.7. The Balaban J connectivity index is 2.68. The van der Waals surface area contributed by atoms with Crippen LogP contribution in [0.1, 0.15) is 0 Å². The van der Waals surface area contributed by atoms with Crippen LogP contribution < -0.4 is 5.73 Å². The van der Waals surface area contributed by atoms with Crippen molar-refractivity contribution in [2.24, 2.45) is 0 Å². The summed E-state index contributed by atoms with van der Waals surface area (Å²) >= 11 is 15.7. The minimum Gasteiger partial charge on any atom is -0.398 e. The van der Waals surface area contributed by atoms with Crippen molar-refractivity contribution in [1.29, 1.82) is 0 Å². The van der Waals surface area contributed by atoms with Gasteiger partial charge in [-0.15, -0.1) is 0 Å². The van der Waals surface area contributed by atoms with Crippen molar-refractivity contribution >= 4 is 44.8 Å². The van der Waals surface area contributed by atoms with E-state index in [4.69, 9.17) is 28.9 Å². The van der Waals surface area contributed by atoms with Gasteiger partial charge in [0, 0.05) is 15.6 Å². The Kier molecular flexibility index (Phi) is 3.43. The van der Waals surface area contributed by atoms with Crippen molar-refractivity contribution in [2.75, 3.05) is 5.73 Å². The highest BCUT2D eigenvalue weighted by Gasteiger charge is 2.10. The van der Waals surface area contributed by atoms with Crippen LogP contribution in [0.4, 0.5) is 5.69 Å². The van der Waals surface area contributed by atoms with E-state index < -0.39 is 0 Å². The van der Waals surface area contributed by atoms with Crippen LogP contribution in [0, 0.1) is 0 Å². The molecule has 4 heteroatoms. The van der Waals surface area contributed by atoms with Crippen molar-refractivity contribution < 1.29 is 0 Å². The van der Waals surface area contributed by atoms with Crippen LogP contribution in [0.25, 0.3) is 11.1 Å². The number of nitrogens with two attached hydrogens (primary N) is 1. The van der Waals surface area contributed by atoms with Crippen molar-refractivity contribution in [1.82, 2.24) is 0 Å². The summed E-state index contributed by atoms with van der Waals surface area (Å²) in [5.41, 5.74) is 8.02. The summed E-state index contributed by atoms with van der Waals surface area (Å²) < 4.78 is 0.838. The molecule has 0 bridgehead atoms. The molecule has 0 spiro atoms. The zero-order valence-electron chi connectivity index (χ0n) is 8.18. The van der Waals surface area contributed by atoms with E-state index >= 15 is 0 Å². The third-order valence-electron chi connectivity index (χ3n) is 2.27. The first-order chi connectivity index (χ1) is 7.61. The molecule has 82 valence electrons. The van der Waals surface area contributed by atoms with Crippen LogP contribution in [0.15, 0.2) is 40.9 Å². The van der Waals surface area contributed by atoms with Crippen molar-refractivity contribution in [3.05, 3.63) is 50.9 Å². The highest BCUT2D eigenvalue weighted by molar-refractivity contribution is 9.10. The van der Waals surface area contributed by atoms with Gasteiger partial charge in [0.25, 0.3) is 0 Å². The molecule has 0 saturated heterocycles. The Labute approximate surface area is 112 Å². The lowest BCUT2D eigenvalue weighted by atomic mass is 10.1. The van der Waals surface area contributed by atoms with Gasteiger partial charge in [0.1, 0.15) is 0 Å². The summed E-state index contributed by atoms with van der Waals surface area (Å²) in [5.74, 6) is 0. The molecule has 0 heterocycles. The minimum atomic E-state index is 0.530. The maximum atomic E-state index is 6.21. The second-order valence-corrected chi connectivity index (χ2v) is 4.92. The first-order valence-electron chi connectivity index (χ1n) is 4.59. The van der Waals surface area contributed by atoms with E-state index in [0.29, 0.717) is 15.7 Å². The lowest BCUT2D eigenvalue weighted by molar-refractivity contribution is 1.58. The van der Waals surface area contributed by atoms with E-state index in [1.165, 1.54) is 0 Å². The summed E-state index contributed by atoms with van der Waals surface area (Å²) in [7, 11) is 0. The summed E-state index contributed by atoms with van der Waals surface area (Å²) in [6, 6.07) is 11.2. The van der Waals surface area contributed by atoms with Gasteiger partial charge in [-0.3, -0.25) is 0 Å².